The third-order valence-corrected chi connectivity index (χ3v) is 4.44. The van der Waals surface area contributed by atoms with E-state index < -0.39 is 0 Å². The lowest BCUT2D eigenvalue weighted by Gasteiger charge is -2.04. The first kappa shape index (κ1) is 14.4. The Hall–Kier alpha value is -2.51. The van der Waals surface area contributed by atoms with Crippen LogP contribution in [0.3, 0.4) is 0 Å². The lowest BCUT2D eigenvalue weighted by molar-refractivity contribution is 0.0478. The molecule has 0 atom stereocenters. The van der Waals surface area contributed by atoms with Crippen LogP contribution >= 0.6 is 11.3 Å². The molecule has 0 saturated heterocycles. The van der Waals surface area contributed by atoms with Crippen LogP contribution in [0.4, 0.5) is 5.82 Å². The predicted molar refractivity (Wildman–Crippen MR) is 85.5 cm³/mol. The van der Waals surface area contributed by atoms with Crippen molar-refractivity contribution in [2.45, 2.75) is 13.5 Å². The maximum Gasteiger partial charge on any atom is 0.349 e. The summed E-state index contributed by atoms with van der Waals surface area (Å²) < 4.78 is 5.37. The maximum absolute atomic E-state index is 12.3. The van der Waals surface area contributed by atoms with Crippen molar-refractivity contribution in [2.75, 3.05) is 5.43 Å². The second kappa shape index (κ2) is 6.08. The number of hydrogen-bond acceptors (Lipinski definition) is 7. The van der Waals surface area contributed by atoms with Crippen molar-refractivity contribution < 1.29 is 9.53 Å². The van der Waals surface area contributed by atoms with Crippen LogP contribution in [0.2, 0.25) is 0 Å². The zero-order valence-corrected chi connectivity index (χ0v) is 12.7. The van der Waals surface area contributed by atoms with Crippen molar-refractivity contribution in [1.29, 1.82) is 0 Å². The molecule has 3 rings (SSSR count). The Morgan fingerprint density at radius 1 is 1.32 bits per heavy atom. The second-order valence-corrected chi connectivity index (χ2v) is 5.66. The van der Waals surface area contributed by atoms with Gasteiger partial charge in [0, 0.05) is 0 Å². The van der Waals surface area contributed by atoms with Gasteiger partial charge in [0.2, 0.25) is 0 Å². The zero-order valence-electron chi connectivity index (χ0n) is 11.9. The molecule has 1 aromatic carbocycles. The molecule has 6 nitrogen and oxygen atoms in total. The van der Waals surface area contributed by atoms with Gasteiger partial charge in [0.05, 0.1) is 5.39 Å². The lowest BCUT2D eigenvalue weighted by atomic mass is 10.2. The molecule has 2 heterocycles. The molecule has 3 aromatic rings. The van der Waals surface area contributed by atoms with E-state index in [1.807, 2.05) is 37.3 Å². The quantitative estimate of drug-likeness (QED) is 0.437. The lowest BCUT2D eigenvalue weighted by Crippen LogP contribution is -2.09. The molecule has 0 bridgehead atoms. The largest absolute Gasteiger partial charge is 0.457 e. The van der Waals surface area contributed by atoms with Gasteiger partial charge in [0.25, 0.3) is 0 Å². The summed E-state index contributed by atoms with van der Waals surface area (Å²) in [6.45, 7) is 2.07. The zero-order chi connectivity index (χ0) is 15.5. The standard InChI is InChI=1S/C15H14N4O2S/c1-9-11-13(19-16)17-8-18-14(11)22-12(9)15(20)21-7-10-5-3-2-4-6-10/h2-6,8H,7,16H2,1H3,(H,17,18,19). The highest BCUT2D eigenvalue weighted by Gasteiger charge is 2.20. The molecule has 0 unspecified atom stereocenters. The summed E-state index contributed by atoms with van der Waals surface area (Å²) in [6, 6.07) is 9.55. The molecule has 112 valence electrons. The molecule has 0 saturated carbocycles. The minimum Gasteiger partial charge on any atom is -0.457 e. The average molecular weight is 314 g/mol. The number of nitrogens with one attached hydrogen (secondary N) is 1. The van der Waals surface area contributed by atoms with Crippen LogP contribution in [0.1, 0.15) is 20.8 Å². The van der Waals surface area contributed by atoms with Gasteiger partial charge in [-0.25, -0.2) is 20.6 Å². The van der Waals surface area contributed by atoms with Gasteiger partial charge >= 0.3 is 5.97 Å². The summed E-state index contributed by atoms with van der Waals surface area (Å²) in [4.78, 5) is 21.7. The number of thiophene rings is 1. The summed E-state index contributed by atoms with van der Waals surface area (Å²) in [5.41, 5.74) is 4.24. The van der Waals surface area contributed by atoms with Gasteiger partial charge in [-0.15, -0.1) is 11.3 Å². The van der Waals surface area contributed by atoms with E-state index in [1.165, 1.54) is 17.7 Å². The highest BCUT2D eigenvalue weighted by atomic mass is 32.1. The fraction of sp³-hybridized carbons (Fsp3) is 0.133. The highest BCUT2D eigenvalue weighted by Crippen LogP contribution is 2.33. The molecule has 2 aromatic heterocycles. The van der Waals surface area contributed by atoms with E-state index in [0.717, 1.165) is 16.5 Å². The number of nitrogens with two attached hydrogens (primary N) is 1. The molecule has 3 N–H and O–H groups in total. The van der Waals surface area contributed by atoms with E-state index >= 15 is 0 Å². The Morgan fingerprint density at radius 2 is 2.09 bits per heavy atom. The Bertz CT molecular complexity index is 817. The van der Waals surface area contributed by atoms with Crippen LogP contribution < -0.4 is 11.3 Å². The first-order valence-electron chi connectivity index (χ1n) is 6.62. The Morgan fingerprint density at radius 3 is 2.82 bits per heavy atom. The summed E-state index contributed by atoms with van der Waals surface area (Å²) in [5, 5.41) is 0.752. The van der Waals surface area contributed by atoms with Gasteiger partial charge < -0.3 is 10.2 Å². The molecule has 0 radical (unpaired) electrons. The van der Waals surface area contributed by atoms with Gasteiger partial charge in [0.1, 0.15) is 22.6 Å². The van der Waals surface area contributed by atoms with E-state index in [9.17, 15) is 4.79 Å². The van der Waals surface area contributed by atoms with Crippen molar-refractivity contribution in [2.24, 2.45) is 5.84 Å². The van der Waals surface area contributed by atoms with Crippen LogP contribution in [-0.4, -0.2) is 15.9 Å². The fourth-order valence-corrected chi connectivity index (χ4v) is 3.21. The third-order valence-electron chi connectivity index (χ3n) is 3.26. The number of fused-ring (bicyclic) bond motifs is 1. The number of nitrogen functional groups attached to an aromatic ring is 1. The minimum absolute atomic E-state index is 0.237. The van der Waals surface area contributed by atoms with E-state index in [2.05, 4.69) is 15.4 Å². The molecule has 22 heavy (non-hydrogen) atoms. The van der Waals surface area contributed by atoms with E-state index in [1.54, 1.807) is 0 Å². The molecule has 7 heteroatoms. The number of hydrazine groups is 1. The van der Waals surface area contributed by atoms with Crippen molar-refractivity contribution in [3.63, 3.8) is 0 Å². The number of carbonyl (C=O) groups is 1. The van der Waals surface area contributed by atoms with Crippen molar-refractivity contribution in [3.8, 4) is 0 Å². The SMILES string of the molecule is Cc1c(C(=O)OCc2ccccc2)sc2ncnc(NN)c12. The number of rotatable bonds is 4. The number of aryl methyl sites for hydroxylation is 1. The molecule has 0 amide bonds. The highest BCUT2D eigenvalue weighted by molar-refractivity contribution is 7.20. The second-order valence-electron chi connectivity index (χ2n) is 4.66. The van der Waals surface area contributed by atoms with Crippen LogP contribution in [0.25, 0.3) is 10.2 Å². The summed E-state index contributed by atoms with van der Waals surface area (Å²) in [7, 11) is 0. The fourth-order valence-electron chi connectivity index (χ4n) is 2.16. The van der Waals surface area contributed by atoms with Crippen molar-refractivity contribution in [1.82, 2.24) is 9.97 Å². The van der Waals surface area contributed by atoms with Crippen LogP contribution in [0, 0.1) is 6.92 Å². The summed E-state index contributed by atoms with van der Waals surface area (Å²) >= 11 is 1.28. The first-order valence-corrected chi connectivity index (χ1v) is 7.44. The number of ether oxygens (including phenoxy) is 1. The predicted octanol–water partition coefficient (Wildman–Crippen LogP) is 2.64. The van der Waals surface area contributed by atoms with Gasteiger partial charge in [-0.3, -0.25) is 0 Å². The molecule has 0 fully saturated rings. The number of aromatic nitrogens is 2. The van der Waals surface area contributed by atoms with Crippen LogP contribution in [0.15, 0.2) is 36.7 Å². The van der Waals surface area contributed by atoms with Crippen molar-refractivity contribution >= 4 is 33.3 Å². The first-order chi connectivity index (χ1) is 10.7. The molecular formula is C15H14N4O2S. The number of benzene rings is 1. The number of carbonyl (C=O) groups excluding carboxylic acids is 1. The van der Waals surface area contributed by atoms with Crippen LogP contribution in [0.5, 0.6) is 0 Å². The maximum atomic E-state index is 12.3. The van der Waals surface area contributed by atoms with E-state index in [4.69, 9.17) is 10.6 Å². The molecule has 0 aliphatic carbocycles. The molecule has 0 aliphatic heterocycles. The number of hydrogen-bond donors (Lipinski definition) is 2. The Balaban J connectivity index is 1.87. The van der Waals surface area contributed by atoms with Gasteiger partial charge in [0.15, 0.2) is 5.82 Å². The normalized spacial score (nSPS) is 10.6. The average Bonchev–Trinajstić information content (AvgIpc) is 2.91. The van der Waals surface area contributed by atoms with Crippen LogP contribution in [-0.2, 0) is 11.3 Å². The van der Waals surface area contributed by atoms with Crippen molar-refractivity contribution in [3.05, 3.63) is 52.7 Å². The smallest absolute Gasteiger partial charge is 0.349 e. The number of anilines is 1. The molecule has 0 aliphatic rings. The Kier molecular flexibility index (Phi) is 3.99. The number of esters is 1. The molecule has 0 spiro atoms. The summed E-state index contributed by atoms with van der Waals surface area (Å²) in [5.74, 6) is 5.59. The Labute approximate surface area is 130 Å². The van der Waals surface area contributed by atoms with Gasteiger partial charge in [-0.05, 0) is 18.1 Å². The third kappa shape index (κ3) is 2.63. The summed E-state index contributed by atoms with van der Waals surface area (Å²) in [6.07, 6.45) is 1.41. The molecular weight excluding hydrogens is 300 g/mol. The van der Waals surface area contributed by atoms with Gasteiger partial charge in [-0.1, -0.05) is 30.3 Å². The van der Waals surface area contributed by atoms with E-state index in [-0.39, 0.29) is 12.6 Å². The number of nitrogens with zero attached hydrogens (tertiary/aromatic N) is 2. The van der Waals surface area contributed by atoms with E-state index in [0.29, 0.717) is 15.5 Å². The minimum atomic E-state index is -0.368. The monoisotopic (exact) mass is 314 g/mol. The van der Waals surface area contributed by atoms with Gasteiger partial charge in [-0.2, -0.15) is 0 Å². The topological polar surface area (TPSA) is 90.1 Å².